The van der Waals surface area contributed by atoms with E-state index in [0.717, 1.165) is 0 Å². The first kappa shape index (κ1) is 24.2. The van der Waals surface area contributed by atoms with Crippen LogP contribution in [-0.4, -0.2) is 36.3 Å². The van der Waals surface area contributed by atoms with Crippen molar-refractivity contribution in [3.63, 3.8) is 0 Å². The lowest BCUT2D eigenvalue weighted by Gasteiger charge is -2.17. The molecule has 1 aliphatic heterocycles. The van der Waals surface area contributed by atoms with E-state index in [1.165, 1.54) is 22.9 Å². The van der Waals surface area contributed by atoms with Gasteiger partial charge in [-0.05, 0) is 60.5 Å². The third-order valence-corrected chi connectivity index (χ3v) is 6.16. The van der Waals surface area contributed by atoms with E-state index in [0.29, 0.717) is 33.5 Å². The molecule has 0 unspecified atom stereocenters. The Hall–Kier alpha value is -3.98. The Morgan fingerprint density at radius 1 is 1.03 bits per heavy atom. The third kappa shape index (κ3) is 5.58. The normalized spacial score (nSPS) is 13.5. The maximum atomic E-state index is 13.3. The van der Waals surface area contributed by atoms with E-state index in [4.69, 9.17) is 9.15 Å². The number of hydrogen-bond acceptors (Lipinski definition) is 7. The number of ether oxygens (including phenoxy) is 1. The minimum atomic E-state index is -0.381. The number of rotatable bonds is 9. The summed E-state index contributed by atoms with van der Waals surface area (Å²) < 4.78 is 10.3. The molecule has 8 nitrogen and oxygen atoms in total. The summed E-state index contributed by atoms with van der Waals surface area (Å²) in [5.41, 5.74) is 1.42. The van der Waals surface area contributed by atoms with Crippen LogP contribution in [0.4, 0.5) is 11.4 Å². The Bertz CT molecular complexity index is 1270. The van der Waals surface area contributed by atoms with E-state index in [-0.39, 0.29) is 35.1 Å². The van der Waals surface area contributed by atoms with Crippen LogP contribution in [0.5, 0.6) is 5.75 Å². The van der Waals surface area contributed by atoms with Crippen LogP contribution in [0.1, 0.15) is 24.4 Å². The number of nitrogens with zero attached hydrogens (tertiary/aromatic N) is 1. The molecule has 0 spiro atoms. The van der Waals surface area contributed by atoms with Crippen molar-refractivity contribution in [2.45, 2.75) is 18.7 Å². The number of furan rings is 1. The largest absolute Gasteiger partial charge is 0.497 e. The number of nitrogens with one attached hydrogen (secondary N) is 2. The summed E-state index contributed by atoms with van der Waals surface area (Å²) in [6.45, 7) is 4.22. The second kappa shape index (κ2) is 10.5. The number of carbonyl (C=O) groups excluding carboxylic acids is 3. The number of imide groups is 1. The molecule has 0 aliphatic carbocycles. The van der Waals surface area contributed by atoms with Crippen LogP contribution in [0.15, 0.2) is 86.8 Å². The maximum absolute atomic E-state index is 13.3. The summed E-state index contributed by atoms with van der Waals surface area (Å²) in [7, 11) is 1.58. The van der Waals surface area contributed by atoms with Crippen LogP contribution in [0, 0.1) is 5.92 Å². The van der Waals surface area contributed by atoms with Gasteiger partial charge in [-0.1, -0.05) is 31.7 Å². The Kier molecular flexibility index (Phi) is 7.26. The molecule has 1 aliphatic rings. The highest BCUT2D eigenvalue weighted by Gasteiger charge is 2.39. The zero-order chi connectivity index (χ0) is 24.9. The molecule has 0 saturated heterocycles. The number of thioether (sulfide) groups is 1. The van der Waals surface area contributed by atoms with Gasteiger partial charge in [0.15, 0.2) is 5.76 Å². The number of carbonyl (C=O) groups is 3. The van der Waals surface area contributed by atoms with Gasteiger partial charge in [0.1, 0.15) is 16.4 Å². The van der Waals surface area contributed by atoms with Crippen molar-refractivity contribution in [3.05, 3.63) is 83.3 Å². The monoisotopic (exact) mass is 491 g/mol. The summed E-state index contributed by atoms with van der Waals surface area (Å²) in [6, 6.07) is 17.4. The minimum Gasteiger partial charge on any atom is -0.497 e. The van der Waals surface area contributed by atoms with E-state index < -0.39 is 0 Å². The zero-order valence-electron chi connectivity index (χ0n) is 19.5. The van der Waals surface area contributed by atoms with Crippen molar-refractivity contribution in [2.75, 3.05) is 24.3 Å². The molecule has 35 heavy (non-hydrogen) atoms. The molecule has 0 saturated carbocycles. The Morgan fingerprint density at radius 2 is 1.80 bits per heavy atom. The fourth-order valence-electron chi connectivity index (χ4n) is 3.46. The molecule has 0 bridgehead atoms. The van der Waals surface area contributed by atoms with Crippen molar-refractivity contribution >= 4 is 40.9 Å². The third-order valence-electron chi connectivity index (χ3n) is 5.09. The topological polar surface area (TPSA) is 101 Å². The van der Waals surface area contributed by atoms with E-state index in [2.05, 4.69) is 10.6 Å². The van der Waals surface area contributed by atoms with Crippen molar-refractivity contribution < 1.29 is 23.5 Å². The highest BCUT2D eigenvalue weighted by atomic mass is 32.2. The smallest absolute Gasteiger partial charge is 0.291 e. The number of hydrogen-bond donors (Lipinski definition) is 2. The number of benzene rings is 2. The number of methoxy groups -OCH3 is 1. The van der Waals surface area contributed by atoms with Crippen LogP contribution in [0.3, 0.4) is 0 Å². The molecule has 2 N–H and O–H groups in total. The van der Waals surface area contributed by atoms with E-state index in [9.17, 15) is 14.4 Å². The fraction of sp³-hybridized carbons (Fsp3) is 0.192. The first-order valence-electron chi connectivity index (χ1n) is 11.0. The molecule has 9 heteroatoms. The van der Waals surface area contributed by atoms with Crippen molar-refractivity contribution in [3.8, 4) is 5.75 Å². The molecule has 4 rings (SSSR count). The van der Waals surface area contributed by atoms with Gasteiger partial charge in [0, 0.05) is 22.8 Å². The molecule has 180 valence electrons. The van der Waals surface area contributed by atoms with Crippen LogP contribution < -0.4 is 15.4 Å². The molecule has 0 fully saturated rings. The van der Waals surface area contributed by atoms with Crippen molar-refractivity contribution in [1.82, 2.24) is 4.90 Å². The van der Waals surface area contributed by atoms with Crippen LogP contribution in [-0.2, 0) is 9.59 Å². The van der Waals surface area contributed by atoms with Crippen LogP contribution in [0.25, 0.3) is 0 Å². The molecule has 1 aromatic heterocycles. The first-order valence-corrected chi connectivity index (χ1v) is 11.8. The minimum absolute atomic E-state index is 0.120. The Balaban J connectivity index is 1.61. The van der Waals surface area contributed by atoms with Gasteiger partial charge in [0.25, 0.3) is 17.7 Å². The summed E-state index contributed by atoms with van der Waals surface area (Å²) >= 11 is 1.17. The lowest BCUT2D eigenvalue weighted by molar-refractivity contribution is -0.137. The summed E-state index contributed by atoms with van der Waals surface area (Å²) in [5.74, 6) is -0.109. The fourth-order valence-corrected chi connectivity index (χ4v) is 4.47. The van der Waals surface area contributed by atoms with E-state index in [1.807, 2.05) is 19.9 Å². The predicted octanol–water partition coefficient (Wildman–Crippen LogP) is 4.98. The molecule has 2 heterocycles. The average molecular weight is 492 g/mol. The lowest BCUT2D eigenvalue weighted by Crippen LogP contribution is -2.35. The summed E-state index contributed by atoms with van der Waals surface area (Å²) in [6.07, 6.45) is 1.43. The van der Waals surface area contributed by atoms with Gasteiger partial charge >= 0.3 is 0 Å². The van der Waals surface area contributed by atoms with Gasteiger partial charge in [-0.3, -0.25) is 19.3 Å². The van der Waals surface area contributed by atoms with Crippen molar-refractivity contribution in [2.24, 2.45) is 5.92 Å². The quantitative estimate of drug-likeness (QED) is 0.407. The standard InChI is InChI=1S/C26H25N3O5S/c1-16(2)15-29-25(31)22(27-17-9-11-19(33-3)12-10-17)23(26(29)32)35-20-7-4-6-18(14-20)28-24(30)21-8-5-13-34-21/h4-14,16,27H,15H2,1-3H3,(H,28,30). The summed E-state index contributed by atoms with van der Waals surface area (Å²) in [4.78, 5) is 41.0. The highest BCUT2D eigenvalue weighted by molar-refractivity contribution is 8.04. The molecular formula is C26H25N3O5S. The average Bonchev–Trinajstić information content (AvgIpc) is 3.45. The summed E-state index contributed by atoms with van der Waals surface area (Å²) in [5, 5.41) is 5.89. The Morgan fingerprint density at radius 3 is 2.46 bits per heavy atom. The number of anilines is 2. The second-order valence-corrected chi connectivity index (χ2v) is 9.32. The molecule has 0 radical (unpaired) electrons. The SMILES string of the molecule is COc1ccc(NC2=C(Sc3cccc(NC(=O)c4ccco4)c3)C(=O)N(CC(C)C)C2=O)cc1. The van der Waals surface area contributed by atoms with Gasteiger partial charge in [0.05, 0.1) is 13.4 Å². The van der Waals surface area contributed by atoms with Crippen LogP contribution in [0.2, 0.25) is 0 Å². The Labute approximate surface area is 207 Å². The molecule has 3 amide bonds. The molecule has 2 aromatic carbocycles. The van der Waals surface area contributed by atoms with Gasteiger partial charge in [-0.25, -0.2) is 0 Å². The van der Waals surface area contributed by atoms with Crippen LogP contribution >= 0.6 is 11.8 Å². The zero-order valence-corrected chi connectivity index (χ0v) is 20.3. The maximum Gasteiger partial charge on any atom is 0.291 e. The van der Waals surface area contributed by atoms with Gasteiger partial charge in [0.2, 0.25) is 0 Å². The van der Waals surface area contributed by atoms with Gasteiger partial charge in [-0.15, -0.1) is 0 Å². The van der Waals surface area contributed by atoms with E-state index >= 15 is 0 Å². The lowest BCUT2D eigenvalue weighted by atomic mass is 10.2. The van der Waals surface area contributed by atoms with Gasteiger partial charge < -0.3 is 19.8 Å². The predicted molar refractivity (Wildman–Crippen MR) is 134 cm³/mol. The number of amides is 3. The van der Waals surface area contributed by atoms with Gasteiger partial charge in [-0.2, -0.15) is 0 Å². The van der Waals surface area contributed by atoms with Crippen molar-refractivity contribution in [1.29, 1.82) is 0 Å². The first-order chi connectivity index (χ1) is 16.9. The molecular weight excluding hydrogens is 466 g/mol. The molecule has 0 atom stereocenters. The molecule has 3 aromatic rings. The van der Waals surface area contributed by atoms with E-state index in [1.54, 1.807) is 61.7 Å². The highest BCUT2D eigenvalue weighted by Crippen LogP contribution is 2.37. The second-order valence-electron chi connectivity index (χ2n) is 8.23.